The fourth-order valence-electron chi connectivity index (χ4n) is 0.726. The van der Waals surface area contributed by atoms with Crippen LogP contribution < -0.4 is 0 Å². The Morgan fingerprint density at radius 3 is 2.60 bits per heavy atom. The van der Waals surface area contributed by atoms with Gasteiger partial charge in [-0.1, -0.05) is 13.3 Å². The molecule has 0 aromatic carbocycles. The molecule has 0 aliphatic rings. The molecule has 2 nitrogen and oxygen atoms in total. The highest BCUT2D eigenvalue weighted by molar-refractivity contribution is 7.99. The highest BCUT2D eigenvalue weighted by Gasteiger charge is 2.15. The standard InChI is InChI=1S/C7H14O2S/c1-4-5-6(10-3)7(8)9-2/h6H,4-5H2,1-3H3. The molecule has 0 spiro atoms. The molecule has 3 heteroatoms. The lowest BCUT2D eigenvalue weighted by molar-refractivity contribution is -0.140. The van der Waals surface area contributed by atoms with Crippen LogP contribution in [0.2, 0.25) is 0 Å². The maximum atomic E-state index is 10.9. The molecule has 0 N–H and O–H groups in total. The number of carbonyl (C=O) groups is 1. The topological polar surface area (TPSA) is 26.3 Å². The summed E-state index contributed by atoms with van der Waals surface area (Å²) in [5.41, 5.74) is 0. The number of hydrogen-bond donors (Lipinski definition) is 0. The van der Waals surface area contributed by atoms with Crippen molar-refractivity contribution in [1.29, 1.82) is 0 Å². The van der Waals surface area contributed by atoms with Crippen molar-refractivity contribution in [3.63, 3.8) is 0 Å². The van der Waals surface area contributed by atoms with Crippen LogP contribution >= 0.6 is 11.8 Å². The van der Waals surface area contributed by atoms with E-state index in [9.17, 15) is 4.79 Å². The third-order valence-corrected chi connectivity index (χ3v) is 2.30. The summed E-state index contributed by atoms with van der Waals surface area (Å²) >= 11 is 1.55. The highest BCUT2D eigenvalue weighted by atomic mass is 32.2. The Labute approximate surface area is 66.3 Å². The molecular weight excluding hydrogens is 148 g/mol. The van der Waals surface area contributed by atoms with Gasteiger partial charge in [0, 0.05) is 0 Å². The third-order valence-electron chi connectivity index (χ3n) is 1.30. The molecule has 1 atom stereocenters. The van der Waals surface area contributed by atoms with Crippen molar-refractivity contribution < 1.29 is 9.53 Å². The molecule has 0 aliphatic heterocycles. The molecule has 0 fully saturated rings. The molecule has 0 aromatic rings. The van der Waals surface area contributed by atoms with Gasteiger partial charge in [0.05, 0.1) is 7.11 Å². The summed E-state index contributed by atoms with van der Waals surface area (Å²) in [4.78, 5) is 10.9. The van der Waals surface area contributed by atoms with E-state index < -0.39 is 0 Å². The maximum Gasteiger partial charge on any atom is 0.318 e. The first kappa shape index (κ1) is 9.82. The minimum absolute atomic E-state index is 0.0370. The Morgan fingerprint density at radius 1 is 1.70 bits per heavy atom. The summed E-state index contributed by atoms with van der Waals surface area (Å²) in [6.07, 6.45) is 3.87. The minimum atomic E-state index is -0.102. The van der Waals surface area contributed by atoms with Gasteiger partial charge in [-0.25, -0.2) is 0 Å². The smallest absolute Gasteiger partial charge is 0.318 e. The van der Waals surface area contributed by atoms with Gasteiger partial charge in [0.2, 0.25) is 0 Å². The van der Waals surface area contributed by atoms with Crippen molar-refractivity contribution in [3.05, 3.63) is 0 Å². The summed E-state index contributed by atoms with van der Waals surface area (Å²) in [7, 11) is 1.43. The average molecular weight is 162 g/mol. The van der Waals surface area contributed by atoms with Crippen LogP contribution in [0.15, 0.2) is 0 Å². The van der Waals surface area contributed by atoms with E-state index in [1.54, 1.807) is 11.8 Å². The maximum absolute atomic E-state index is 10.9. The van der Waals surface area contributed by atoms with E-state index in [0.29, 0.717) is 0 Å². The summed E-state index contributed by atoms with van der Waals surface area (Å²) in [6, 6.07) is 0. The van der Waals surface area contributed by atoms with Gasteiger partial charge in [-0.15, -0.1) is 0 Å². The molecule has 10 heavy (non-hydrogen) atoms. The molecule has 0 radical (unpaired) electrons. The highest BCUT2D eigenvalue weighted by Crippen LogP contribution is 2.13. The van der Waals surface area contributed by atoms with E-state index in [-0.39, 0.29) is 11.2 Å². The monoisotopic (exact) mass is 162 g/mol. The number of hydrogen-bond acceptors (Lipinski definition) is 3. The van der Waals surface area contributed by atoms with Crippen molar-refractivity contribution in [1.82, 2.24) is 0 Å². The van der Waals surface area contributed by atoms with Gasteiger partial charge in [-0.3, -0.25) is 4.79 Å². The van der Waals surface area contributed by atoms with Crippen LogP contribution in [0.25, 0.3) is 0 Å². The quantitative estimate of drug-likeness (QED) is 0.588. The normalized spacial score (nSPS) is 12.7. The molecular formula is C7H14O2S. The lowest BCUT2D eigenvalue weighted by Gasteiger charge is -2.09. The summed E-state index contributed by atoms with van der Waals surface area (Å²) in [6.45, 7) is 2.06. The van der Waals surface area contributed by atoms with Crippen LogP contribution in [-0.2, 0) is 9.53 Å². The summed E-state index contributed by atoms with van der Waals surface area (Å²) < 4.78 is 4.60. The predicted octanol–water partition coefficient (Wildman–Crippen LogP) is 1.69. The van der Waals surface area contributed by atoms with Crippen LogP contribution in [0.5, 0.6) is 0 Å². The Kier molecular flexibility index (Phi) is 5.49. The summed E-state index contributed by atoms with van der Waals surface area (Å²) in [5.74, 6) is -0.102. The Morgan fingerprint density at radius 2 is 2.30 bits per heavy atom. The third kappa shape index (κ3) is 3.11. The molecule has 1 unspecified atom stereocenters. The van der Waals surface area contributed by atoms with Gasteiger partial charge in [0.25, 0.3) is 0 Å². The molecule has 0 aliphatic carbocycles. The number of carbonyl (C=O) groups excluding carboxylic acids is 1. The number of ether oxygens (including phenoxy) is 1. The van der Waals surface area contributed by atoms with Crippen LogP contribution in [0, 0.1) is 0 Å². The van der Waals surface area contributed by atoms with E-state index in [0.717, 1.165) is 12.8 Å². The lowest BCUT2D eigenvalue weighted by Crippen LogP contribution is -2.17. The zero-order valence-corrected chi connectivity index (χ0v) is 7.53. The first-order valence-corrected chi connectivity index (χ1v) is 4.65. The SMILES string of the molecule is CCCC(SC)C(=O)OC. The van der Waals surface area contributed by atoms with E-state index in [1.165, 1.54) is 7.11 Å². The van der Waals surface area contributed by atoms with Crippen molar-refractivity contribution in [2.24, 2.45) is 0 Å². The van der Waals surface area contributed by atoms with Gasteiger partial charge in [0.15, 0.2) is 0 Å². The van der Waals surface area contributed by atoms with Crippen LogP contribution in [0.1, 0.15) is 19.8 Å². The minimum Gasteiger partial charge on any atom is -0.468 e. The summed E-state index contributed by atoms with van der Waals surface area (Å²) in [5, 5.41) is 0.0370. The largest absolute Gasteiger partial charge is 0.468 e. The number of esters is 1. The second-order valence-electron chi connectivity index (χ2n) is 2.04. The predicted molar refractivity (Wildman–Crippen MR) is 44.2 cm³/mol. The molecule has 0 rings (SSSR count). The van der Waals surface area contributed by atoms with Crippen molar-refractivity contribution in [2.75, 3.05) is 13.4 Å². The van der Waals surface area contributed by atoms with Crippen LogP contribution in [0.3, 0.4) is 0 Å². The van der Waals surface area contributed by atoms with E-state index in [2.05, 4.69) is 11.7 Å². The van der Waals surface area contributed by atoms with E-state index >= 15 is 0 Å². The van der Waals surface area contributed by atoms with Crippen molar-refractivity contribution in [3.8, 4) is 0 Å². The second-order valence-corrected chi connectivity index (χ2v) is 3.08. The molecule has 0 bridgehead atoms. The van der Waals surface area contributed by atoms with Crippen molar-refractivity contribution in [2.45, 2.75) is 25.0 Å². The number of thioether (sulfide) groups is 1. The first-order chi connectivity index (χ1) is 4.76. The zero-order chi connectivity index (χ0) is 7.98. The Balaban J connectivity index is 3.68. The molecule has 0 saturated carbocycles. The Hall–Kier alpha value is -0.180. The van der Waals surface area contributed by atoms with Crippen LogP contribution in [-0.4, -0.2) is 24.6 Å². The number of methoxy groups -OCH3 is 1. The van der Waals surface area contributed by atoms with Crippen molar-refractivity contribution >= 4 is 17.7 Å². The van der Waals surface area contributed by atoms with E-state index in [1.807, 2.05) is 6.26 Å². The zero-order valence-electron chi connectivity index (χ0n) is 6.72. The molecule has 60 valence electrons. The van der Waals surface area contributed by atoms with Crippen LogP contribution in [0.4, 0.5) is 0 Å². The number of rotatable bonds is 4. The second kappa shape index (κ2) is 5.59. The first-order valence-electron chi connectivity index (χ1n) is 3.36. The molecule has 0 heterocycles. The van der Waals surface area contributed by atoms with Gasteiger partial charge in [-0.05, 0) is 12.7 Å². The average Bonchev–Trinajstić information content (AvgIpc) is 1.99. The molecule has 0 aromatic heterocycles. The Bertz CT molecular complexity index is 104. The van der Waals surface area contributed by atoms with Gasteiger partial charge in [0.1, 0.15) is 5.25 Å². The van der Waals surface area contributed by atoms with Gasteiger partial charge < -0.3 is 4.74 Å². The van der Waals surface area contributed by atoms with Gasteiger partial charge in [-0.2, -0.15) is 11.8 Å². The van der Waals surface area contributed by atoms with Gasteiger partial charge >= 0.3 is 5.97 Å². The molecule has 0 saturated heterocycles. The lowest BCUT2D eigenvalue weighted by atomic mass is 10.2. The van der Waals surface area contributed by atoms with E-state index in [4.69, 9.17) is 0 Å². The fraction of sp³-hybridized carbons (Fsp3) is 0.857. The molecule has 0 amide bonds. The fourth-order valence-corrected chi connectivity index (χ4v) is 1.49.